The number of ether oxygens (including phenoxy) is 2. The predicted molar refractivity (Wildman–Crippen MR) is 148 cm³/mol. The number of carbonyl (C=O) groups is 2. The molecule has 4 heteroatoms. The van der Waals surface area contributed by atoms with Gasteiger partial charge in [0, 0.05) is 0 Å². The Balaban J connectivity index is 1.93. The van der Waals surface area contributed by atoms with Gasteiger partial charge < -0.3 is 9.47 Å². The topological polar surface area (TPSA) is 52.6 Å². The first-order valence-corrected chi connectivity index (χ1v) is 14.1. The van der Waals surface area contributed by atoms with Gasteiger partial charge in [-0.05, 0) is 48.1 Å². The highest BCUT2D eigenvalue weighted by Gasteiger charge is 2.16. The van der Waals surface area contributed by atoms with Gasteiger partial charge in [0.25, 0.3) is 0 Å². The van der Waals surface area contributed by atoms with Gasteiger partial charge in [-0.15, -0.1) is 0 Å². The number of esters is 2. The van der Waals surface area contributed by atoms with Crippen molar-refractivity contribution in [3.8, 4) is 11.1 Å². The summed E-state index contributed by atoms with van der Waals surface area (Å²) >= 11 is 0. The summed E-state index contributed by atoms with van der Waals surface area (Å²) in [6.07, 6.45) is 14.0. The molecule has 0 radical (unpaired) electrons. The molecule has 2 rings (SSSR count). The number of hydrogen-bond acceptors (Lipinski definition) is 4. The maximum atomic E-state index is 12.8. The molecule has 0 saturated carbocycles. The molecule has 0 aliphatic rings. The van der Waals surface area contributed by atoms with Crippen molar-refractivity contribution in [3.05, 3.63) is 59.7 Å². The van der Waals surface area contributed by atoms with Crippen LogP contribution in [0.5, 0.6) is 0 Å². The minimum atomic E-state index is -0.318. The lowest BCUT2D eigenvalue weighted by molar-refractivity contribution is 0.0427. The first-order chi connectivity index (χ1) is 17.6. The van der Waals surface area contributed by atoms with Crippen molar-refractivity contribution >= 4 is 11.9 Å². The van der Waals surface area contributed by atoms with E-state index in [0.717, 1.165) is 49.7 Å². The molecule has 2 aromatic rings. The maximum absolute atomic E-state index is 12.8. The Morgan fingerprint density at radius 1 is 0.722 bits per heavy atom. The molecule has 0 bridgehead atoms. The summed E-state index contributed by atoms with van der Waals surface area (Å²) in [5, 5.41) is 0. The van der Waals surface area contributed by atoms with Crippen LogP contribution >= 0.6 is 0 Å². The summed E-state index contributed by atoms with van der Waals surface area (Å²) < 4.78 is 11.2. The van der Waals surface area contributed by atoms with Gasteiger partial charge in [-0.2, -0.15) is 0 Å². The number of carbonyl (C=O) groups excluding carboxylic acids is 2. The van der Waals surface area contributed by atoms with Gasteiger partial charge in [-0.25, -0.2) is 9.59 Å². The zero-order valence-corrected chi connectivity index (χ0v) is 22.7. The first-order valence-electron chi connectivity index (χ1n) is 14.1. The fraction of sp³-hybridized carbons (Fsp3) is 0.562. The van der Waals surface area contributed by atoms with E-state index in [9.17, 15) is 9.59 Å². The third kappa shape index (κ3) is 10.6. The highest BCUT2D eigenvalue weighted by molar-refractivity contribution is 5.98. The predicted octanol–water partition coefficient (Wildman–Crippen LogP) is 9.02. The van der Waals surface area contributed by atoms with Crippen LogP contribution in [0, 0.1) is 5.92 Å². The molecule has 0 fully saturated rings. The van der Waals surface area contributed by atoms with Crippen LogP contribution in [0.1, 0.15) is 119 Å². The van der Waals surface area contributed by atoms with Crippen molar-refractivity contribution < 1.29 is 19.1 Å². The third-order valence-electron chi connectivity index (χ3n) is 6.78. The SMILES string of the molecule is CCCCCCCCCCOC(=O)c1ccccc1-c1cccc(C(=O)OCC(CC)CCCC)c1. The Hall–Kier alpha value is -2.62. The monoisotopic (exact) mass is 494 g/mol. The zero-order valence-electron chi connectivity index (χ0n) is 22.7. The smallest absolute Gasteiger partial charge is 0.338 e. The molecule has 1 atom stereocenters. The van der Waals surface area contributed by atoms with Gasteiger partial charge in [0.05, 0.1) is 24.3 Å². The van der Waals surface area contributed by atoms with Crippen molar-refractivity contribution in [3.63, 3.8) is 0 Å². The van der Waals surface area contributed by atoms with Crippen LogP contribution in [0.3, 0.4) is 0 Å². The average Bonchev–Trinajstić information content (AvgIpc) is 2.92. The Kier molecular flexibility index (Phi) is 14.6. The lowest BCUT2D eigenvalue weighted by Crippen LogP contribution is -2.14. The lowest BCUT2D eigenvalue weighted by atomic mass is 9.98. The first kappa shape index (κ1) is 29.6. The van der Waals surface area contributed by atoms with E-state index in [1.807, 2.05) is 30.3 Å². The van der Waals surface area contributed by atoms with Gasteiger partial charge in [-0.1, -0.05) is 115 Å². The van der Waals surface area contributed by atoms with Gasteiger partial charge >= 0.3 is 11.9 Å². The highest BCUT2D eigenvalue weighted by Crippen LogP contribution is 2.26. The summed E-state index contributed by atoms with van der Waals surface area (Å²) in [6.45, 7) is 7.43. The molecule has 0 N–H and O–H groups in total. The summed E-state index contributed by atoms with van der Waals surface area (Å²) in [6, 6.07) is 14.7. The van der Waals surface area contributed by atoms with E-state index >= 15 is 0 Å². The molecule has 0 aliphatic heterocycles. The minimum Gasteiger partial charge on any atom is -0.462 e. The molecule has 198 valence electrons. The molecule has 0 heterocycles. The van der Waals surface area contributed by atoms with Crippen LogP contribution in [-0.4, -0.2) is 25.2 Å². The van der Waals surface area contributed by atoms with E-state index in [4.69, 9.17) is 9.47 Å². The van der Waals surface area contributed by atoms with Crippen molar-refractivity contribution in [2.24, 2.45) is 5.92 Å². The number of rotatable bonds is 18. The van der Waals surface area contributed by atoms with Crippen molar-refractivity contribution in [1.29, 1.82) is 0 Å². The summed E-state index contributed by atoms with van der Waals surface area (Å²) in [4.78, 5) is 25.6. The van der Waals surface area contributed by atoms with Gasteiger partial charge in [0.15, 0.2) is 0 Å². The molecule has 0 amide bonds. The Bertz CT molecular complexity index is 905. The molecular formula is C32H46O4. The largest absolute Gasteiger partial charge is 0.462 e. The molecule has 2 aromatic carbocycles. The Labute approximate surface area is 218 Å². The normalized spacial score (nSPS) is 11.8. The fourth-order valence-corrected chi connectivity index (χ4v) is 4.38. The second-order valence-electron chi connectivity index (χ2n) is 9.75. The lowest BCUT2D eigenvalue weighted by Gasteiger charge is -2.15. The van der Waals surface area contributed by atoms with Crippen molar-refractivity contribution in [2.45, 2.75) is 97.8 Å². The summed E-state index contributed by atoms with van der Waals surface area (Å²) in [5.41, 5.74) is 2.60. The fourth-order valence-electron chi connectivity index (χ4n) is 4.38. The van der Waals surface area contributed by atoms with E-state index in [2.05, 4.69) is 20.8 Å². The summed E-state index contributed by atoms with van der Waals surface area (Å²) in [5.74, 6) is -0.238. The Morgan fingerprint density at radius 2 is 1.42 bits per heavy atom. The molecule has 36 heavy (non-hydrogen) atoms. The average molecular weight is 495 g/mol. The van der Waals surface area contributed by atoms with Crippen LogP contribution in [0.4, 0.5) is 0 Å². The van der Waals surface area contributed by atoms with Crippen molar-refractivity contribution in [1.82, 2.24) is 0 Å². The number of unbranched alkanes of at least 4 members (excludes halogenated alkanes) is 8. The second kappa shape index (κ2) is 17.8. The molecular weight excluding hydrogens is 448 g/mol. The van der Waals surface area contributed by atoms with Crippen LogP contribution in [0.2, 0.25) is 0 Å². The number of benzene rings is 2. The van der Waals surface area contributed by atoms with Gasteiger partial charge in [-0.3, -0.25) is 0 Å². The van der Waals surface area contributed by atoms with Crippen LogP contribution in [0.25, 0.3) is 11.1 Å². The van der Waals surface area contributed by atoms with Crippen LogP contribution in [0.15, 0.2) is 48.5 Å². The van der Waals surface area contributed by atoms with E-state index in [-0.39, 0.29) is 11.9 Å². The van der Waals surface area contributed by atoms with Gasteiger partial charge in [0.1, 0.15) is 0 Å². The third-order valence-corrected chi connectivity index (χ3v) is 6.78. The second-order valence-corrected chi connectivity index (χ2v) is 9.75. The van der Waals surface area contributed by atoms with E-state index in [1.165, 1.54) is 38.5 Å². The molecule has 0 saturated heterocycles. The van der Waals surface area contributed by atoms with E-state index in [1.54, 1.807) is 18.2 Å². The van der Waals surface area contributed by atoms with Crippen LogP contribution in [-0.2, 0) is 9.47 Å². The quantitative estimate of drug-likeness (QED) is 0.153. The standard InChI is InChI=1S/C32H46O4/c1-4-7-9-10-11-12-13-16-23-35-32(34)30-22-15-14-21-29(30)27-19-17-20-28(24-27)31(33)36-25-26(6-3)18-8-5-2/h14-15,17,19-22,24,26H,4-13,16,18,23,25H2,1-3H3. The minimum absolute atomic E-state index is 0.316. The Morgan fingerprint density at radius 3 is 2.14 bits per heavy atom. The molecule has 4 nitrogen and oxygen atoms in total. The van der Waals surface area contributed by atoms with Crippen LogP contribution < -0.4 is 0 Å². The molecule has 1 unspecified atom stereocenters. The highest BCUT2D eigenvalue weighted by atomic mass is 16.5. The summed E-state index contributed by atoms with van der Waals surface area (Å²) in [7, 11) is 0. The molecule has 0 aromatic heterocycles. The zero-order chi connectivity index (χ0) is 26.0. The van der Waals surface area contributed by atoms with E-state index in [0.29, 0.717) is 30.3 Å². The van der Waals surface area contributed by atoms with Gasteiger partial charge in [0.2, 0.25) is 0 Å². The van der Waals surface area contributed by atoms with E-state index < -0.39 is 0 Å². The molecule has 0 spiro atoms. The van der Waals surface area contributed by atoms with Crippen molar-refractivity contribution in [2.75, 3.05) is 13.2 Å². The maximum Gasteiger partial charge on any atom is 0.338 e. The molecule has 0 aliphatic carbocycles. The number of hydrogen-bond donors (Lipinski definition) is 0.